The Morgan fingerprint density at radius 1 is 1.22 bits per heavy atom. The summed E-state index contributed by atoms with van der Waals surface area (Å²) in [7, 11) is 0. The van der Waals surface area contributed by atoms with E-state index in [4.69, 9.17) is 11.6 Å². The predicted molar refractivity (Wildman–Crippen MR) is 77.3 cm³/mol. The first-order valence-corrected chi connectivity index (χ1v) is 7.04. The number of halogens is 1. The van der Waals surface area contributed by atoms with Crippen LogP contribution in [0.1, 0.15) is 43.5 Å². The van der Waals surface area contributed by atoms with Crippen LogP contribution in [0.25, 0.3) is 0 Å². The maximum Gasteiger partial charge on any atom is 0.176 e. The monoisotopic (exact) mass is 267 g/mol. The van der Waals surface area contributed by atoms with Crippen LogP contribution in [0.5, 0.6) is 0 Å². The molecule has 1 aromatic carbocycles. The molecule has 1 aromatic rings. The Morgan fingerprint density at radius 3 is 2.39 bits per heavy atom. The van der Waals surface area contributed by atoms with Crippen molar-refractivity contribution in [3.63, 3.8) is 0 Å². The second kappa shape index (κ2) is 8.28. The fourth-order valence-corrected chi connectivity index (χ4v) is 2.07. The van der Waals surface area contributed by atoms with Gasteiger partial charge in [-0.25, -0.2) is 0 Å². The van der Waals surface area contributed by atoms with Crippen LogP contribution in [-0.4, -0.2) is 18.9 Å². The minimum atomic E-state index is 0.121. The molecular weight excluding hydrogens is 246 g/mol. The molecule has 0 heterocycles. The minimum absolute atomic E-state index is 0.121. The fourth-order valence-electron chi connectivity index (χ4n) is 1.94. The zero-order valence-corrected chi connectivity index (χ0v) is 12.0. The topological polar surface area (TPSA) is 29.1 Å². The molecule has 0 aliphatic carbocycles. The summed E-state index contributed by atoms with van der Waals surface area (Å²) in [5.41, 5.74) is 0.717. The number of carbonyl (C=O) groups excluding carboxylic acids is 1. The van der Waals surface area contributed by atoms with Gasteiger partial charge in [0.25, 0.3) is 0 Å². The number of hydrogen-bond acceptors (Lipinski definition) is 2. The van der Waals surface area contributed by atoms with Gasteiger partial charge in [-0.3, -0.25) is 4.79 Å². The van der Waals surface area contributed by atoms with Crippen LogP contribution in [0.4, 0.5) is 0 Å². The van der Waals surface area contributed by atoms with Crippen molar-refractivity contribution in [1.29, 1.82) is 0 Å². The molecule has 0 saturated carbocycles. The third-order valence-electron chi connectivity index (χ3n) is 3.34. The van der Waals surface area contributed by atoms with Crippen LogP contribution >= 0.6 is 11.6 Å². The molecule has 100 valence electrons. The van der Waals surface area contributed by atoms with Crippen molar-refractivity contribution in [3.05, 3.63) is 34.9 Å². The highest BCUT2D eigenvalue weighted by atomic mass is 35.5. The Labute approximate surface area is 115 Å². The van der Waals surface area contributed by atoms with Crippen LogP contribution in [-0.2, 0) is 0 Å². The third kappa shape index (κ3) is 5.19. The standard InChI is InChI=1S/C15H22ClNO/c1-3-12(4-2)9-10-17-11-15(18)13-5-7-14(16)8-6-13/h5-8,12,17H,3-4,9-11H2,1-2H3. The Bertz CT molecular complexity index is 357. The van der Waals surface area contributed by atoms with Gasteiger partial charge in [0.15, 0.2) is 5.78 Å². The highest BCUT2D eigenvalue weighted by Crippen LogP contribution is 2.11. The van der Waals surface area contributed by atoms with E-state index in [-0.39, 0.29) is 5.78 Å². The number of ketones is 1. The Morgan fingerprint density at radius 2 is 1.83 bits per heavy atom. The van der Waals surface area contributed by atoms with Gasteiger partial charge < -0.3 is 5.32 Å². The fraction of sp³-hybridized carbons (Fsp3) is 0.533. The van der Waals surface area contributed by atoms with Crippen molar-refractivity contribution < 1.29 is 4.79 Å². The SMILES string of the molecule is CCC(CC)CCNCC(=O)c1ccc(Cl)cc1. The molecule has 0 unspecified atom stereocenters. The van der Waals surface area contributed by atoms with E-state index < -0.39 is 0 Å². The van der Waals surface area contributed by atoms with Gasteiger partial charge in [-0.05, 0) is 43.1 Å². The highest BCUT2D eigenvalue weighted by molar-refractivity contribution is 6.30. The number of rotatable bonds is 8. The van der Waals surface area contributed by atoms with E-state index in [1.54, 1.807) is 24.3 Å². The van der Waals surface area contributed by atoms with Crippen LogP contribution in [0.15, 0.2) is 24.3 Å². The van der Waals surface area contributed by atoms with Crippen LogP contribution < -0.4 is 5.32 Å². The molecule has 0 aromatic heterocycles. The molecule has 1 rings (SSSR count). The van der Waals surface area contributed by atoms with Gasteiger partial charge in [-0.15, -0.1) is 0 Å². The van der Waals surface area contributed by atoms with Crippen molar-refractivity contribution in [2.45, 2.75) is 33.1 Å². The summed E-state index contributed by atoms with van der Waals surface area (Å²) in [5.74, 6) is 0.888. The van der Waals surface area contributed by atoms with E-state index in [1.165, 1.54) is 12.8 Å². The zero-order valence-electron chi connectivity index (χ0n) is 11.2. The molecule has 0 amide bonds. The molecule has 0 fully saturated rings. The van der Waals surface area contributed by atoms with Crippen molar-refractivity contribution in [2.75, 3.05) is 13.1 Å². The lowest BCUT2D eigenvalue weighted by molar-refractivity contribution is 0.0990. The smallest absolute Gasteiger partial charge is 0.176 e. The van der Waals surface area contributed by atoms with E-state index in [0.29, 0.717) is 11.6 Å². The summed E-state index contributed by atoms with van der Waals surface area (Å²) >= 11 is 5.78. The number of Topliss-reactive ketones (excluding diaryl/α,β-unsaturated/α-hetero) is 1. The summed E-state index contributed by atoms with van der Waals surface area (Å²) in [4.78, 5) is 11.8. The molecule has 0 radical (unpaired) electrons. The van der Waals surface area contributed by atoms with Gasteiger partial charge in [0.1, 0.15) is 0 Å². The first-order chi connectivity index (χ1) is 8.67. The van der Waals surface area contributed by atoms with Crippen molar-refractivity contribution in [1.82, 2.24) is 5.32 Å². The molecule has 0 spiro atoms. The second-order valence-electron chi connectivity index (χ2n) is 4.58. The molecule has 18 heavy (non-hydrogen) atoms. The predicted octanol–water partition coefficient (Wildman–Crippen LogP) is 3.94. The van der Waals surface area contributed by atoms with Gasteiger partial charge in [0.2, 0.25) is 0 Å². The zero-order chi connectivity index (χ0) is 13.4. The maximum atomic E-state index is 11.8. The summed E-state index contributed by atoms with van der Waals surface area (Å²) in [6, 6.07) is 7.04. The first kappa shape index (κ1) is 15.2. The minimum Gasteiger partial charge on any atom is -0.310 e. The Balaban J connectivity index is 2.27. The molecule has 0 saturated heterocycles. The van der Waals surface area contributed by atoms with E-state index in [1.807, 2.05) is 0 Å². The summed E-state index contributed by atoms with van der Waals surface area (Å²) in [5, 5.41) is 3.88. The van der Waals surface area contributed by atoms with Gasteiger partial charge in [-0.1, -0.05) is 38.3 Å². The van der Waals surface area contributed by atoms with Crippen LogP contribution in [0, 0.1) is 5.92 Å². The number of benzene rings is 1. The maximum absolute atomic E-state index is 11.8. The molecular formula is C15H22ClNO. The van der Waals surface area contributed by atoms with E-state index >= 15 is 0 Å². The van der Waals surface area contributed by atoms with Crippen molar-refractivity contribution in [2.24, 2.45) is 5.92 Å². The number of carbonyl (C=O) groups is 1. The molecule has 0 atom stereocenters. The van der Waals surface area contributed by atoms with E-state index in [9.17, 15) is 4.79 Å². The van der Waals surface area contributed by atoms with E-state index in [2.05, 4.69) is 19.2 Å². The van der Waals surface area contributed by atoms with E-state index in [0.717, 1.165) is 24.4 Å². The van der Waals surface area contributed by atoms with Gasteiger partial charge in [0.05, 0.1) is 6.54 Å². The second-order valence-corrected chi connectivity index (χ2v) is 5.01. The molecule has 0 aliphatic rings. The van der Waals surface area contributed by atoms with Gasteiger partial charge in [0, 0.05) is 10.6 Å². The lowest BCUT2D eigenvalue weighted by atomic mass is 10.00. The molecule has 3 heteroatoms. The van der Waals surface area contributed by atoms with Crippen LogP contribution in [0.2, 0.25) is 5.02 Å². The number of nitrogens with one attached hydrogen (secondary N) is 1. The van der Waals surface area contributed by atoms with Crippen molar-refractivity contribution >= 4 is 17.4 Å². The van der Waals surface area contributed by atoms with Gasteiger partial charge >= 0.3 is 0 Å². The van der Waals surface area contributed by atoms with Gasteiger partial charge in [-0.2, -0.15) is 0 Å². The normalized spacial score (nSPS) is 10.9. The summed E-state index contributed by atoms with van der Waals surface area (Å²) in [6.07, 6.45) is 3.56. The lowest BCUT2D eigenvalue weighted by Gasteiger charge is -2.12. The Kier molecular flexibility index (Phi) is 6.99. The average Bonchev–Trinajstić information content (AvgIpc) is 2.39. The largest absolute Gasteiger partial charge is 0.310 e. The molecule has 0 aliphatic heterocycles. The van der Waals surface area contributed by atoms with Crippen LogP contribution in [0.3, 0.4) is 0 Å². The molecule has 0 bridgehead atoms. The molecule has 2 nitrogen and oxygen atoms in total. The highest BCUT2D eigenvalue weighted by Gasteiger charge is 2.06. The number of hydrogen-bond donors (Lipinski definition) is 1. The van der Waals surface area contributed by atoms with Crippen molar-refractivity contribution in [3.8, 4) is 0 Å². The first-order valence-electron chi connectivity index (χ1n) is 6.66. The quantitative estimate of drug-likeness (QED) is 0.571. The summed E-state index contributed by atoms with van der Waals surface area (Å²) in [6.45, 7) is 5.74. The summed E-state index contributed by atoms with van der Waals surface area (Å²) < 4.78 is 0. The third-order valence-corrected chi connectivity index (χ3v) is 3.59. The lowest BCUT2D eigenvalue weighted by Crippen LogP contribution is -2.25. The average molecular weight is 268 g/mol. The molecule has 1 N–H and O–H groups in total. The Hall–Kier alpha value is -0.860.